The van der Waals surface area contributed by atoms with Gasteiger partial charge in [0.1, 0.15) is 5.60 Å². The van der Waals surface area contributed by atoms with E-state index in [-0.39, 0.29) is 17.5 Å². The van der Waals surface area contributed by atoms with Crippen LogP contribution < -0.4 is 0 Å². The van der Waals surface area contributed by atoms with Crippen molar-refractivity contribution in [3.05, 3.63) is 12.2 Å². The molecular formula is C6H6O2. The second-order valence-electron chi connectivity index (χ2n) is 2.42. The predicted octanol–water partition coefficient (Wildman–Crippen LogP) is 0.283. The third-order valence-corrected chi connectivity index (χ3v) is 1.67. The van der Waals surface area contributed by atoms with Crippen molar-refractivity contribution >= 4 is 5.78 Å². The summed E-state index contributed by atoms with van der Waals surface area (Å²) in [7, 11) is 0. The number of ketones is 1. The normalized spacial score (nSPS) is 49.6. The van der Waals surface area contributed by atoms with E-state index in [9.17, 15) is 4.79 Å². The van der Waals surface area contributed by atoms with E-state index in [1.165, 1.54) is 0 Å². The highest BCUT2D eigenvalue weighted by molar-refractivity contribution is 6.00. The van der Waals surface area contributed by atoms with Gasteiger partial charge < -0.3 is 4.74 Å². The van der Waals surface area contributed by atoms with Crippen LogP contribution in [0, 0.1) is 0 Å². The molecule has 0 aromatic carbocycles. The molecule has 0 aromatic rings. The van der Waals surface area contributed by atoms with Crippen LogP contribution in [0.25, 0.3) is 0 Å². The van der Waals surface area contributed by atoms with Gasteiger partial charge in [0.15, 0.2) is 11.9 Å². The van der Waals surface area contributed by atoms with Crippen molar-refractivity contribution in [3.63, 3.8) is 0 Å². The van der Waals surface area contributed by atoms with Crippen LogP contribution in [0.5, 0.6) is 0 Å². The lowest BCUT2D eigenvalue weighted by atomic mass is 10.2. The Morgan fingerprint density at radius 2 is 2.62 bits per heavy atom. The zero-order valence-corrected chi connectivity index (χ0v) is 4.55. The molecule has 2 atom stereocenters. The van der Waals surface area contributed by atoms with Crippen LogP contribution in [0.4, 0.5) is 0 Å². The lowest BCUT2D eigenvalue weighted by Gasteiger charge is -1.84. The Hall–Kier alpha value is -0.630. The molecule has 0 saturated carbocycles. The van der Waals surface area contributed by atoms with Crippen LogP contribution in [0.3, 0.4) is 0 Å². The minimum Gasteiger partial charge on any atom is -0.353 e. The Morgan fingerprint density at radius 1 is 1.88 bits per heavy atom. The Kier molecular flexibility index (Phi) is 0.475. The van der Waals surface area contributed by atoms with Gasteiger partial charge in [0.2, 0.25) is 0 Å². The van der Waals surface area contributed by atoms with Gasteiger partial charge in [-0.2, -0.15) is 0 Å². The van der Waals surface area contributed by atoms with Gasteiger partial charge in [0.25, 0.3) is 0 Å². The van der Waals surface area contributed by atoms with Gasteiger partial charge in [-0.05, 0) is 19.1 Å². The number of rotatable bonds is 0. The average molecular weight is 110 g/mol. The molecular weight excluding hydrogens is 104 g/mol. The fourth-order valence-electron chi connectivity index (χ4n) is 1.02. The van der Waals surface area contributed by atoms with Crippen LogP contribution in [0.1, 0.15) is 6.92 Å². The summed E-state index contributed by atoms with van der Waals surface area (Å²) in [4.78, 5) is 10.6. The SMILES string of the molecule is C[C@@]12C=CC(=O)[C@@H]1O2. The molecule has 1 heterocycles. The fourth-order valence-corrected chi connectivity index (χ4v) is 1.02. The molecule has 0 bridgehead atoms. The van der Waals surface area contributed by atoms with E-state index < -0.39 is 0 Å². The molecule has 2 heteroatoms. The largest absolute Gasteiger partial charge is 0.353 e. The van der Waals surface area contributed by atoms with Crippen LogP contribution >= 0.6 is 0 Å². The third kappa shape index (κ3) is 0.304. The first-order valence-electron chi connectivity index (χ1n) is 2.63. The minimum absolute atomic E-state index is 0.118. The van der Waals surface area contributed by atoms with Crippen molar-refractivity contribution in [1.29, 1.82) is 0 Å². The molecule has 0 aromatic heterocycles. The number of fused-ring (bicyclic) bond motifs is 1. The summed E-state index contributed by atoms with van der Waals surface area (Å²) in [5.74, 6) is 0.118. The standard InChI is InChI=1S/C6H6O2/c1-6-3-2-4(7)5(6)8-6/h2-3,5H,1H3/t5-,6+/m0/s1. The summed E-state index contributed by atoms with van der Waals surface area (Å²) >= 11 is 0. The maximum absolute atomic E-state index is 10.6. The van der Waals surface area contributed by atoms with Gasteiger partial charge in [0.05, 0.1) is 0 Å². The molecule has 0 N–H and O–H groups in total. The van der Waals surface area contributed by atoms with Gasteiger partial charge in [-0.25, -0.2) is 0 Å². The van der Waals surface area contributed by atoms with Crippen molar-refractivity contribution in [1.82, 2.24) is 0 Å². The summed E-state index contributed by atoms with van der Waals surface area (Å²) in [6.45, 7) is 1.92. The van der Waals surface area contributed by atoms with E-state index >= 15 is 0 Å². The van der Waals surface area contributed by atoms with Gasteiger partial charge in [-0.3, -0.25) is 4.79 Å². The van der Waals surface area contributed by atoms with E-state index in [0.717, 1.165) is 0 Å². The van der Waals surface area contributed by atoms with Crippen molar-refractivity contribution in [3.8, 4) is 0 Å². The summed E-state index contributed by atoms with van der Waals surface area (Å²) in [5, 5.41) is 0. The minimum atomic E-state index is -0.197. The molecule has 0 spiro atoms. The number of hydrogen-bond donors (Lipinski definition) is 0. The van der Waals surface area contributed by atoms with Crippen LogP contribution in [-0.2, 0) is 9.53 Å². The smallest absolute Gasteiger partial charge is 0.187 e. The lowest BCUT2D eigenvalue weighted by Crippen LogP contribution is -2.04. The van der Waals surface area contributed by atoms with E-state index in [4.69, 9.17) is 4.74 Å². The molecule has 2 nitrogen and oxygen atoms in total. The highest BCUT2D eigenvalue weighted by Crippen LogP contribution is 2.42. The number of hydrogen-bond acceptors (Lipinski definition) is 2. The Morgan fingerprint density at radius 3 is 2.75 bits per heavy atom. The molecule has 1 aliphatic heterocycles. The van der Waals surface area contributed by atoms with E-state index in [0.29, 0.717) is 0 Å². The van der Waals surface area contributed by atoms with Gasteiger partial charge >= 0.3 is 0 Å². The summed E-state index contributed by atoms with van der Waals surface area (Å²) in [5.41, 5.74) is -0.197. The molecule has 1 fully saturated rings. The van der Waals surface area contributed by atoms with Gasteiger partial charge in [-0.15, -0.1) is 0 Å². The molecule has 1 saturated heterocycles. The van der Waals surface area contributed by atoms with Gasteiger partial charge in [0, 0.05) is 0 Å². The fraction of sp³-hybridized carbons (Fsp3) is 0.500. The average Bonchev–Trinajstić information content (AvgIpc) is 2.32. The molecule has 0 unspecified atom stereocenters. The Balaban J connectivity index is 2.39. The molecule has 42 valence electrons. The molecule has 0 radical (unpaired) electrons. The number of carbonyl (C=O) groups is 1. The van der Waals surface area contributed by atoms with Crippen LogP contribution in [0.2, 0.25) is 0 Å². The summed E-state index contributed by atoms with van der Waals surface area (Å²) < 4.78 is 5.02. The van der Waals surface area contributed by atoms with Crippen molar-refractivity contribution in [2.24, 2.45) is 0 Å². The third-order valence-electron chi connectivity index (χ3n) is 1.67. The Labute approximate surface area is 47.1 Å². The zero-order chi connectivity index (χ0) is 5.78. The van der Waals surface area contributed by atoms with Crippen LogP contribution in [-0.4, -0.2) is 17.5 Å². The second-order valence-corrected chi connectivity index (χ2v) is 2.42. The summed E-state index contributed by atoms with van der Waals surface area (Å²) in [6.07, 6.45) is 3.29. The van der Waals surface area contributed by atoms with Gasteiger partial charge in [-0.1, -0.05) is 0 Å². The molecule has 0 amide bonds. The predicted molar refractivity (Wildman–Crippen MR) is 27.4 cm³/mol. The van der Waals surface area contributed by atoms with Crippen LogP contribution in [0.15, 0.2) is 12.2 Å². The van der Waals surface area contributed by atoms with Crippen molar-refractivity contribution in [2.75, 3.05) is 0 Å². The van der Waals surface area contributed by atoms with E-state index in [2.05, 4.69) is 0 Å². The maximum atomic E-state index is 10.6. The quantitative estimate of drug-likeness (QED) is 0.419. The molecule has 2 rings (SSSR count). The first-order chi connectivity index (χ1) is 3.72. The van der Waals surface area contributed by atoms with Crippen molar-refractivity contribution in [2.45, 2.75) is 18.6 Å². The zero-order valence-electron chi connectivity index (χ0n) is 4.55. The number of ether oxygens (including phenoxy) is 1. The first-order valence-corrected chi connectivity index (χ1v) is 2.63. The molecule has 2 aliphatic rings. The highest BCUT2D eigenvalue weighted by atomic mass is 16.6. The highest BCUT2D eigenvalue weighted by Gasteiger charge is 2.57. The van der Waals surface area contributed by atoms with E-state index in [1.54, 1.807) is 6.08 Å². The lowest BCUT2D eigenvalue weighted by molar-refractivity contribution is -0.115. The number of epoxide rings is 1. The maximum Gasteiger partial charge on any atom is 0.187 e. The monoisotopic (exact) mass is 110 g/mol. The topological polar surface area (TPSA) is 29.6 Å². The first kappa shape index (κ1) is 4.27. The van der Waals surface area contributed by atoms with E-state index in [1.807, 2.05) is 13.0 Å². The number of carbonyl (C=O) groups excluding carboxylic acids is 1. The molecule has 8 heavy (non-hydrogen) atoms. The van der Waals surface area contributed by atoms with Crippen molar-refractivity contribution < 1.29 is 9.53 Å². The second kappa shape index (κ2) is 0.890. The molecule has 1 aliphatic carbocycles. The Bertz CT molecular complexity index is 183. The summed E-state index contributed by atoms with van der Waals surface area (Å²) in [6, 6.07) is 0.